The molecule has 2 aliphatic rings. The lowest BCUT2D eigenvalue weighted by Crippen LogP contribution is -2.40. The lowest BCUT2D eigenvalue weighted by atomic mass is 9.59. The molecule has 0 amide bonds. The number of fused-ring (bicyclic) bond motifs is 4. The molecule has 2 bridgehead atoms. The molecule has 2 nitrogen and oxygen atoms in total. The zero-order valence-electron chi connectivity index (χ0n) is 11.7. The Morgan fingerprint density at radius 3 is 2.89 bits per heavy atom. The van der Waals surface area contributed by atoms with Gasteiger partial charge in [-0.05, 0) is 44.4 Å². The van der Waals surface area contributed by atoms with E-state index in [4.69, 9.17) is 0 Å². The van der Waals surface area contributed by atoms with Crippen molar-refractivity contribution in [1.82, 2.24) is 4.98 Å². The molecule has 0 N–H and O–H groups in total. The van der Waals surface area contributed by atoms with Gasteiger partial charge in [-0.2, -0.15) is 5.26 Å². The van der Waals surface area contributed by atoms with Gasteiger partial charge < -0.3 is 0 Å². The molecule has 2 heteroatoms. The van der Waals surface area contributed by atoms with Crippen molar-refractivity contribution in [3.8, 4) is 6.07 Å². The third kappa shape index (κ3) is 1.58. The predicted molar refractivity (Wildman–Crippen MR) is 75.6 cm³/mol. The average molecular weight is 250 g/mol. The van der Waals surface area contributed by atoms with Gasteiger partial charge in [-0.1, -0.05) is 23.8 Å². The van der Waals surface area contributed by atoms with Gasteiger partial charge in [-0.15, -0.1) is 0 Å². The SMILES string of the molecule is C/C=C1\[C@H]2C=C(C)C[C@]1(C#N)c1ccc(C)nc1C2. The van der Waals surface area contributed by atoms with Gasteiger partial charge in [0.15, 0.2) is 0 Å². The first kappa shape index (κ1) is 12.2. The average Bonchev–Trinajstić information content (AvgIpc) is 2.37. The number of rotatable bonds is 0. The van der Waals surface area contributed by atoms with Crippen LogP contribution in [0.4, 0.5) is 0 Å². The Morgan fingerprint density at radius 1 is 1.42 bits per heavy atom. The van der Waals surface area contributed by atoms with E-state index in [9.17, 15) is 5.26 Å². The van der Waals surface area contributed by atoms with E-state index in [1.54, 1.807) is 0 Å². The van der Waals surface area contributed by atoms with Crippen LogP contribution in [-0.2, 0) is 11.8 Å². The van der Waals surface area contributed by atoms with Gasteiger partial charge >= 0.3 is 0 Å². The van der Waals surface area contributed by atoms with Gasteiger partial charge in [0.05, 0.1) is 6.07 Å². The van der Waals surface area contributed by atoms with Crippen LogP contribution < -0.4 is 0 Å². The summed E-state index contributed by atoms with van der Waals surface area (Å²) < 4.78 is 0. The maximum absolute atomic E-state index is 9.88. The molecule has 1 aromatic heterocycles. The summed E-state index contributed by atoms with van der Waals surface area (Å²) in [5.74, 6) is 0.347. The number of aryl methyl sites for hydroxylation is 1. The number of allylic oxidation sites excluding steroid dienone is 4. The van der Waals surface area contributed by atoms with E-state index >= 15 is 0 Å². The summed E-state index contributed by atoms with van der Waals surface area (Å²) in [7, 11) is 0. The van der Waals surface area contributed by atoms with Gasteiger partial charge in [0, 0.05) is 23.7 Å². The van der Waals surface area contributed by atoms with Crippen LogP contribution >= 0.6 is 0 Å². The third-order valence-electron chi connectivity index (χ3n) is 4.41. The predicted octanol–water partition coefficient (Wildman–Crippen LogP) is 3.62. The second kappa shape index (κ2) is 4.06. The zero-order valence-corrected chi connectivity index (χ0v) is 11.7. The van der Waals surface area contributed by atoms with E-state index in [0.717, 1.165) is 29.8 Å². The highest BCUT2D eigenvalue weighted by molar-refractivity contribution is 5.55. The van der Waals surface area contributed by atoms with Crippen LogP contribution in [0.25, 0.3) is 0 Å². The highest BCUT2D eigenvalue weighted by Crippen LogP contribution is 2.50. The molecular formula is C17H18N2. The molecule has 0 aliphatic heterocycles. The van der Waals surface area contributed by atoms with Crippen LogP contribution in [0.1, 0.15) is 37.2 Å². The molecule has 0 fully saturated rings. The van der Waals surface area contributed by atoms with Crippen molar-refractivity contribution in [3.05, 3.63) is 52.4 Å². The lowest BCUT2D eigenvalue weighted by Gasteiger charge is -2.43. The van der Waals surface area contributed by atoms with Crippen molar-refractivity contribution in [1.29, 1.82) is 5.26 Å². The van der Waals surface area contributed by atoms with E-state index in [-0.39, 0.29) is 0 Å². The summed E-state index contributed by atoms with van der Waals surface area (Å²) in [6, 6.07) is 6.74. The summed E-state index contributed by atoms with van der Waals surface area (Å²) in [5.41, 5.74) is 5.38. The molecule has 1 heterocycles. The van der Waals surface area contributed by atoms with Gasteiger partial charge in [0.1, 0.15) is 5.41 Å². The Hall–Kier alpha value is -1.88. The fraction of sp³-hybridized carbons (Fsp3) is 0.412. The Kier molecular flexibility index (Phi) is 2.60. The molecule has 3 rings (SSSR count). The Balaban J connectivity index is 2.31. The van der Waals surface area contributed by atoms with Crippen molar-refractivity contribution in [2.75, 3.05) is 0 Å². The van der Waals surface area contributed by atoms with Crippen molar-refractivity contribution >= 4 is 0 Å². The molecule has 2 aliphatic carbocycles. The zero-order chi connectivity index (χ0) is 13.6. The molecule has 2 atom stereocenters. The van der Waals surface area contributed by atoms with E-state index < -0.39 is 5.41 Å². The summed E-state index contributed by atoms with van der Waals surface area (Å²) >= 11 is 0. The first-order valence-electron chi connectivity index (χ1n) is 6.83. The van der Waals surface area contributed by atoms with Gasteiger partial charge in [-0.25, -0.2) is 0 Å². The van der Waals surface area contributed by atoms with Gasteiger partial charge in [0.25, 0.3) is 0 Å². The van der Waals surface area contributed by atoms with Crippen molar-refractivity contribution in [2.24, 2.45) is 5.92 Å². The van der Waals surface area contributed by atoms with Crippen LogP contribution in [-0.4, -0.2) is 4.98 Å². The van der Waals surface area contributed by atoms with Crippen molar-refractivity contribution in [3.63, 3.8) is 0 Å². The van der Waals surface area contributed by atoms with Gasteiger partial charge in [0.2, 0.25) is 0 Å². The largest absolute Gasteiger partial charge is 0.258 e. The smallest absolute Gasteiger partial charge is 0.109 e. The molecule has 0 saturated heterocycles. The molecular weight excluding hydrogens is 232 g/mol. The van der Waals surface area contributed by atoms with E-state index in [2.05, 4.69) is 43.1 Å². The maximum atomic E-state index is 9.88. The first-order valence-corrected chi connectivity index (χ1v) is 6.83. The number of hydrogen-bond acceptors (Lipinski definition) is 2. The minimum atomic E-state index is -0.480. The van der Waals surface area contributed by atoms with E-state index in [1.807, 2.05) is 13.0 Å². The molecule has 1 aromatic rings. The second-order valence-electron chi connectivity index (χ2n) is 5.71. The normalized spacial score (nSPS) is 30.5. The standard InChI is InChI=1S/C17H18N2/c1-4-14-13-7-11(2)9-17(14,10-18)15-6-5-12(3)19-16(15)8-13/h4-7,13H,8-9H2,1-3H3/b14-4+/t13-,17+/m0/s1. The monoisotopic (exact) mass is 250 g/mol. The molecule has 0 spiro atoms. The topological polar surface area (TPSA) is 36.7 Å². The van der Waals surface area contributed by atoms with Crippen LogP contribution in [0.15, 0.2) is 35.4 Å². The maximum Gasteiger partial charge on any atom is 0.109 e. The number of aromatic nitrogens is 1. The molecule has 0 aromatic carbocycles. The summed E-state index contributed by atoms with van der Waals surface area (Å²) in [4.78, 5) is 4.68. The summed E-state index contributed by atoms with van der Waals surface area (Å²) in [5, 5.41) is 9.88. The molecule has 19 heavy (non-hydrogen) atoms. The van der Waals surface area contributed by atoms with Crippen molar-refractivity contribution in [2.45, 2.75) is 39.0 Å². The Morgan fingerprint density at radius 2 is 2.21 bits per heavy atom. The number of hydrogen-bond donors (Lipinski definition) is 0. The number of nitrogens with zero attached hydrogens (tertiary/aromatic N) is 2. The fourth-order valence-corrected chi connectivity index (χ4v) is 3.74. The number of nitriles is 1. The number of pyridine rings is 1. The molecule has 0 saturated carbocycles. The minimum Gasteiger partial charge on any atom is -0.258 e. The van der Waals surface area contributed by atoms with Crippen LogP contribution in [0.3, 0.4) is 0 Å². The lowest BCUT2D eigenvalue weighted by molar-refractivity contribution is 0.478. The first-order chi connectivity index (χ1) is 9.10. The highest BCUT2D eigenvalue weighted by Gasteiger charge is 2.47. The quantitative estimate of drug-likeness (QED) is 0.659. The van der Waals surface area contributed by atoms with Crippen molar-refractivity contribution < 1.29 is 0 Å². The highest BCUT2D eigenvalue weighted by atomic mass is 14.7. The van der Waals surface area contributed by atoms with E-state index in [0.29, 0.717) is 5.92 Å². The Bertz CT molecular complexity index is 646. The van der Waals surface area contributed by atoms with Crippen LogP contribution in [0, 0.1) is 24.2 Å². The van der Waals surface area contributed by atoms with Crippen LogP contribution in [0.2, 0.25) is 0 Å². The molecule has 0 radical (unpaired) electrons. The van der Waals surface area contributed by atoms with E-state index in [1.165, 1.54) is 11.1 Å². The molecule has 0 unspecified atom stereocenters. The Labute approximate surface area is 114 Å². The second-order valence-corrected chi connectivity index (χ2v) is 5.71. The molecule has 96 valence electrons. The van der Waals surface area contributed by atoms with Crippen LogP contribution in [0.5, 0.6) is 0 Å². The third-order valence-corrected chi connectivity index (χ3v) is 4.41. The summed E-state index contributed by atoms with van der Waals surface area (Å²) in [6.07, 6.45) is 6.19. The minimum absolute atomic E-state index is 0.347. The van der Waals surface area contributed by atoms with Gasteiger partial charge in [-0.3, -0.25) is 4.98 Å². The fourth-order valence-electron chi connectivity index (χ4n) is 3.74. The summed E-state index contributed by atoms with van der Waals surface area (Å²) in [6.45, 7) is 6.20.